The van der Waals surface area contributed by atoms with Gasteiger partial charge in [-0.15, -0.1) is 0 Å². The van der Waals surface area contributed by atoms with Gasteiger partial charge >= 0.3 is 0 Å². The number of rotatable bonds is 1. The van der Waals surface area contributed by atoms with Gasteiger partial charge < -0.3 is 4.90 Å². The number of hydrogen-bond acceptors (Lipinski definition) is 1. The lowest BCUT2D eigenvalue weighted by Crippen LogP contribution is -2.36. The Morgan fingerprint density at radius 1 is 1.46 bits per heavy atom. The van der Waals surface area contributed by atoms with Gasteiger partial charge in [0.2, 0.25) is 0 Å². The van der Waals surface area contributed by atoms with Gasteiger partial charge in [0.25, 0.3) is 5.91 Å². The molecule has 1 aliphatic heterocycles. The van der Waals surface area contributed by atoms with E-state index in [0.29, 0.717) is 5.92 Å². The maximum atomic E-state index is 11.9. The fourth-order valence-corrected chi connectivity index (χ4v) is 1.52. The van der Waals surface area contributed by atoms with Crippen molar-refractivity contribution in [2.45, 2.75) is 40.2 Å². The minimum absolute atomic E-state index is 0.221. The van der Waals surface area contributed by atoms with Crippen molar-refractivity contribution in [2.24, 2.45) is 5.92 Å². The van der Waals surface area contributed by atoms with E-state index in [0.717, 1.165) is 13.0 Å². The molecule has 0 aromatic heterocycles. The first-order valence-corrected chi connectivity index (χ1v) is 5.02. The second kappa shape index (κ2) is 5.95. The van der Waals surface area contributed by atoms with Gasteiger partial charge in [-0.1, -0.05) is 20.8 Å². The van der Waals surface area contributed by atoms with Crippen LogP contribution in [0, 0.1) is 5.92 Å². The Morgan fingerprint density at radius 3 is 2.31 bits per heavy atom. The minimum Gasteiger partial charge on any atom is -0.337 e. The van der Waals surface area contributed by atoms with E-state index in [1.54, 1.807) is 4.90 Å². The molecule has 13 heavy (non-hydrogen) atoms. The third kappa shape index (κ3) is 2.98. The number of halogens is 1. The minimum atomic E-state index is -0.850. The number of hydrogen-bond donors (Lipinski definition) is 0. The summed E-state index contributed by atoms with van der Waals surface area (Å²) in [4.78, 5) is 12.6. The van der Waals surface area contributed by atoms with Gasteiger partial charge in [0, 0.05) is 12.6 Å². The summed E-state index contributed by atoms with van der Waals surface area (Å²) in [6.07, 6.45) is 1.01. The first kappa shape index (κ1) is 12.4. The molecule has 1 aliphatic rings. The molecule has 2 nitrogen and oxygen atoms in total. The quantitative estimate of drug-likeness (QED) is 0.619. The summed E-state index contributed by atoms with van der Waals surface area (Å²) in [5.41, 5.74) is 0. The SMILES string of the molecule is CC.CC1CCN(C(=O)CF)C1C. The van der Waals surface area contributed by atoms with Gasteiger partial charge in [-0.2, -0.15) is 0 Å². The van der Waals surface area contributed by atoms with Crippen LogP contribution in [0.3, 0.4) is 0 Å². The normalized spacial score (nSPS) is 26.7. The molecule has 1 saturated heterocycles. The topological polar surface area (TPSA) is 20.3 Å². The standard InChI is InChI=1S/C8H14FNO.C2H6/c1-6-3-4-10(7(6)2)8(11)5-9;1-2/h6-7H,3-5H2,1-2H3;1-2H3. The van der Waals surface area contributed by atoms with Crippen molar-refractivity contribution >= 4 is 5.91 Å². The molecule has 2 atom stereocenters. The van der Waals surface area contributed by atoms with Crippen molar-refractivity contribution in [1.82, 2.24) is 4.90 Å². The van der Waals surface area contributed by atoms with Crippen LogP contribution in [0.25, 0.3) is 0 Å². The van der Waals surface area contributed by atoms with Gasteiger partial charge in [-0.3, -0.25) is 4.79 Å². The molecule has 78 valence electrons. The highest BCUT2D eigenvalue weighted by Gasteiger charge is 2.30. The average molecular weight is 189 g/mol. The second-order valence-corrected chi connectivity index (χ2v) is 3.23. The van der Waals surface area contributed by atoms with E-state index in [2.05, 4.69) is 6.92 Å². The van der Waals surface area contributed by atoms with Crippen LogP contribution >= 0.6 is 0 Å². The summed E-state index contributed by atoms with van der Waals surface area (Å²) >= 11 is 0. The van der Waals surface area contributed by atoms with Crippen molar-refractivity contribution in [1.29, 1.82) is 0 Å². The maximum absolute atomic E-state index is 11.9. The maximum Gasteiger partial charge on any atom is 0.254 e. The molecule has 0 spiro atoms. The van der Waals surface area contributed by atoms with Crippen LogP contribution in [-0.4, -0.2) is 30.1 Å². The molecular formula is C10H20FNO. The van der Waals surface area contributed by atoms with Crippen molar-refractivity contribution in [3.63, 3.8) is 0 Å². The highest BCUT2D eigenvalue weighted by Crippen LogP contribution is 2.22. The van der Waals surface area contributed by atoms with E-state index < -0.39 is 6.67 Å². The van der Waals surface area contributed by atoms with Crippen LogP contribution < -0.4 is 0 Å². The zero-order chi connectivity index (χ0) is 10.4. The molecule has 0 aromatic carbocycles. The molecule has 3 heteroatoms. The highest BCUT2D eigenvalue weighted by atomic mass is 19.1. The smallest absolute Gasteiger partial charge is 0.254 e. The molecule has 1 amide bonds. The first-order chi connectivity index (χ1) is 6.16. The predicted molar refractivity (Wildman–Crippen MR) is 52.3 cm³/mol. The number of carbonyl (C=O) groups is 1. The van der Waals surface area contributed by atoms with Crippen LogP contribution in [-0.2, 0) is 4.79 Å². The van der Waals surface area contributed by atoms with Gasteiger partial charge in [0.1, 0.15) is 0 Å². The second-order valence-electron chi connectivity index (χ2n) is 3.23. The fraction of sp³-hybridized carbons (Fsp3) is 0.900. The largest absolute Gasteiger partial charge is 0.337 e. The summed E-state index contributed by atoms with van der Waals surface area (Å²) < 4.78 is 11.9. The van der Waals surface area contributed by atoms with Gasteiger partial charge in [-0.25, -0.2) is 4.39 Å². The Kier molecular flexibility index (Phi) is 5.67. The summed E-state index contributed by atoms with van der Waals surface area (Å²) in [5.74, 6) is 0.160. The highest BCUT2D eigenvalue weighted by molar-refractivity contribution is 5.77. The zero-order valence-corrected chi connectivity index (χ0v) is 9.01. The molecule has 0 bridgehead atoms. The lowest BCUT2D eigenvalue weighted by atomic mass is 10.1. The number of likely N-dealkylation sites (tertiary alicyclic amines) is 1. The molecule has 1 fully saturated rings. The molecule has 1 rings (SSSR count). The molecule has 0 aromatic rings. The molecule has 1 heterocycles. The van der Waals surface area contributed by atoms with Crippen LogP contribution in [0.2, 0.25) is 0 Å². The Morgan fingerprint density at radius 2 is 2.00 bits per heavy atom. The molecular weight excluding hydrogens is 169 g/mol. The summed E-state index contributed by atoms with van der Waals surface area (Å²) in [6, 6.07) is 0.221. The van der Waals surface area contributed by atoms with Crippen LogP contribution in [0.5, 0.6) is 0 Å². The van der Waals surface area contributed by atoms with E-state index in [1.165, 1.54) is 0 Å². The zero-order valence-electron chi connectivity index (χ0n) is 9.01. The monoisotopic (exact) mass is 189 g/mol. The Bertz CT molecular complexity index is 161. The first-order valence-electron chi connectivity index (χ1n) is 5.02. The number of amides is 1. The summed E-state index contributed by atoms with van der Waals surface area (Å²) in [7, 11) is 0. The molecule has 2 unspecified atom stereocenters. The van der Waals surface area contributed by atoms with E-state index in [9.17, 15) is 9.18 Å². The summed E-state index contributed by atoms with van der Waals surface area (Å²) in [6.45, 7) is 7.95. The van der Waals surface area contributed by atoms with E-state index in [-0.39, 0.29) is 11.9 Å². The third-order valence-electron chi connectivity index (χ3n) is 2.58. The summed E-state index contributed by atoms with van der Waals surface area (Å²) in [5, 5.41) is 0. The number of alkyl halides is 1. The van der Waals surface area contributed by atoms with Gasteiger partial charge in [-0.05, 0) is 19.3 Å². The molecule has 0 aliphatic carbocycles. The molecule has 0 saturated carbocycles. The predicted octanol–water partition coefficient (Wildman–Crippen LogP) is 2.24. The average Bonchev–Trinajstić information content (AvgIpc) is 2.50. The Hall–Kier alpha value is -0.600. The van der Waals surface area contributed by atoms with Crippen molar-refractivity contribution in [2.75, 3.05) is 13.2 Å². The number of carbonyl (C=O) groups excluding carboxylic acids is 1. The fourth-order valence-electron chi connectivity index (χ4n) is 1.52. The van der Waals surface area contributed by atoms with Gasteiger partial charge in [0.15, 0.2) is 6.67 Å². The van der Waals surface area contributed by atoms with E-state index >= 15 is 0 Å². The van der Waals surface area contributed by atoms with Crippen LogP contribution in [0.1, 0.15) is 34.1 Å². The van der Waals surface area contributed by atoms with Crippen LogP contribution in [0.4, 0.5) is 4.39 Å². The van der Waals surface area contributed by atoms with Crippen molar-refractivity contribution in [3.05, 3.63) is 0 Å². The number of nitrogens with zero attached hydrogens (tertiary/aromatic N) is 1. The van der Waals surface area contributed by atoms with Crippen LogP contribution in [0.15, 0.2) is 0 Å². The molecule has 0 radical (unpaired) electrons. The Balaban J connectivity index is 0.000000671. The lowest BCUT2D eigenvalue weighted by molar-refractivity contribution is -0.132. The van der Waals surface area contributed by atoms with Crippen molar-refractivity contribution in [3.8, 4) is 0 Å². The van der Waals surface area contributed by atoms with E-state index in [4.69, 9.17) is 0 Å². The lowest BCUT2D eigenvalue weighted by Gasteiger charge is -2.21. The Labute approximate surface area is 80.1 Å². The van der Waals surface area contributed by atoms with E-state index in [1.807, 2.05) is 20.8 Å². The third-order valence-corrected chi connectivity index (χ3v) is 2.58. The van der Waals surface area contributed by atoms with Crippen molar-refractivity contribution < 1.29 is 9.18 Å². The van der Waals surface area contributed by atoms with Gasteiger partial charge in [0.05, 0.1) is 0 Å². The molecule has 0 N–H and O–H groups in total.